The second-order valence-corrected chi connectivity index (χ2v) is 8.28. The lowest BCUT2D eigenvalue weighted by molar-refractivity contribution is 0.0277. The number of hydrogen-bond acceptors (Lipinski definition) is 4. The molecule has 1 aliphatic rings. The number of hydrogen-bond donors (Lipinski definition) is 2. The lowest BCUT2D eigenvalue weighted by Gasteiger charge is -2.21. The standard InChI is InChI=1S/C20H31NO2S/c1-20(21,16-22)14-13-19-12-11-18(24-19)10-6-3-7-15-23-17-8-4-2-5-9-17/h11-12,17,22H,2-5,7-9,13-16,21H2,1H3. The Morgan fingerprint density at radius 2 is 2.12 bits per heavy atom. The van der Waals surface area contributed by atoms with Gasteiger partial charge in [0.25, 0.3) is 0 Å². The number of nitrogens with two attached hydrogens (primary N) is 1. The fourth-order valence-corrected chi connectivity index (χ4v) is 3.74. The molecule has 0 spiro atoms. The Labute approximate surface area is 150 Å². The zero-order valence-corrected chi connectivity index (χ0v) is 15.7. The minimum Gasteiger partial charge on any atom is -0.394 e. The summed E-state index contributed by atoms with van der Waals surface area (Å²) in [5, 5.41) is 9.19. The predicted octanol–water partition coefficient (Wildman–Crippen LogP) is 3.87. The van der Waals surface area contributed by atoms with Crippen LogP contribution in [0.4, 0.5) is 0 Å². The van der Waals surface area contributed by atoms with Crippen LogP contribution in [0.5, 0.6) is 0 Å². The molecule has 0 aromatic carbocycles. The van der Waals surface area contributed by atoms with E-state index in [2.05, 4.69) is 24.0 Å². The monoisotopic (exact) mass is 349 g/mol. The largest absolute Gasteiger partial charge is 0.394 e. The summed E-state index contributed by atoms with van der Waals surface area (Å²) in [6.07, 6.45) is 10.6. The molecule has 3 N–H and O–H groups in total. The average Bonchev–Trinajstić information content (AvgIpc) is 3.05. The van der Waals surface area contributed by atoms with Gasteiger partial charge in [-0.2, -0.15) is 0 Å². The van der Waals surface area contributed by atoms with Crippen molar-refractivity contribution >= 4 is 11.3 Å². The normalized spacial score (nSPS) is 18.0. The van der Waals surface area contributed by atoms with Crippen molar-refractivity contribution in [2.24, 2.45) is 5.73 Å². The third-order valence-corrected chi connectivity index (χ3v) is 5.59. The highest BCUT2D eigenvalue weighted by Crippen LogP contribution is 2.21. The van der Waals surface area contributed by atoms with Crippen molar-refractivity contribution in [3.63, 3.8) is 0 Å². The molecule has 0 radical (unpaired) electrons. The summed E-state index contributed by atoms with van der Waals surface area (Å²) >= 11 is 1.73. The zero-order chi connectivity index (χ0) is 17.3. The molecular weight excluding hydrogens is 318 g/mol. The molecule has 1 heterocycles. The van der Waals surface area contributed by atoms with E-state index in [0.29, 0.717) is 6.10 Å². The van der Waals surface area contributed by atoms with Crippen LogP contribution in [0.1, 0.15) is 68.0 Å². The zero-order valence-electron chi connectivity index (χ0n) is 14.9. The van der Waals surface area contributed by atoms with Crippen molar-refractivity contribution in [2.75, 3.05) is 13.2 Å². The summed E-state index contributed by atoms with van der Waals surface area (Å²) in [6.45, 7) is 2.75. The van der Waals surface area contributed by atoms with Gasteiger partial charge in [0.15, 0.2) is 0 Å². The highest BCUT2D eigenvalue weighted by Gasteiger charge is 2.17. The molecule has 0 saturated heterocycles. The van der Waals surface area contributed by atoms with E-state index < -0.39 is 5.54 Å². The quantitative estimate of drug-likeness (QED) is 0.553. The maximum absolute atomic E-state index is 9.19. The minimum absolute atomic E-state index is 0.0218. The molecule has 1 fully saturated rings. The average molecular weight is 350 g/mol. The number of unbranched alkanes of at least 4 members (excludes halogenated alkanes) is 1. The maximum atomic E-state index is 9.19. The molecule has 1 aromatic heterocycles. The van der Waals surface area contributed by atoms with Gasteiger partial charge in [0.1, 0.15) is 0 Å². The first kappa shape index (κ1) is 19.5. The second-order valence-electron chi connectivity index (χ2n) is 7.11. The van der Waals surface area contributed by atoms with Crippen LogP contribution in [0.2, 0.25) is 0 Å². The molecule has 1 aromatic rings. The highest BCUT2D eigenvalue weighted by atomic mass is 32.1. The van der Waals surface area contributed by atoms with E-state index in [1.54, 1.807) is 11.3 Å². The van der Waals surface area contributed by atoms with Gasteiger partial charge in [0, 0.05) is 23.4 Å². The van der Waals surface area contributed by atoms with Crippen LogP contribution in [0.3, 0.4) is 0 Å². The minimum atomic E-state index is -0.492. The van der Waals surface area contributed by atoms with Gasteiger partial charge in [0.05, 0.1) is 17.6 Å². The number of thiophene rings is 1. The number of aliphatic hydroxyl groups excluding tert-OH is 1. The lowest BCUT2D eigenvalue weighted by Crippen LogP contribution is -2.40. The molecular formula is C20H31NO2S. The first-order valence-electron chi connectivity index (χ1n) is 9.18. The number of aliphatic hydroxyl groups is 1. The fraction of sp³-hybridized carbons (Fsp3) is 0.700. The van der Waals surface area contributed by atoms with Crippen molar-refractivity contribution in [1.29, 1.82) is 0 Å². The molecule has 2 rings (SSSR count). The predicted molar refractivity (Wildman–Crippen MR) is 101 cm³/mol. The van der Waals surface area contributed by atoms with Crippen LogP contribution in [0.15, 0.2) is 12.1 Å². The SMILES string of the molecule is CC(N)(CO)CCc1ccc(C#CCCCOC2CCCCC2)s1. The van der Waals surface area contributed by atoms with Crippen LogP contribution in [0.25, 0.3) is 0 Å². The van der Waals surface area contributed by atoms with Crippen LogP contribution in [0, 0.1) is 11.8 Å². The van der Waals surface area contributed by atoms with Gasteiger partial charge in [-0.1, -0.05) is 31.1 Å². The van der Waals surface area contributed by atoms with Gasteiger partial charge in [-0.25, -0.2) is 0 Å². The topological polar surface area (TPSA) is 55.5 Å². The van der Waals surface area contributed by atoms with Crippen LogP contribution in [-0.2, 0) is 11.2 Å². The van der Waals surface area contributed by atoms with E-state index in [9.17, 15) is 5.11 Å². The van der Waals surface area contributed by atoms with Gasteiger partial charge < -0.3 is 15.6 Å². The third-order valence-electron chi connectivity index (χ3n) is 4.53. The number of ether oxygens (including phenoxy) is 1. The Kier molecular flexibility index (Phi) is 8.28. The van der Waals surface area contributed by atoms with Crippen molar-refractivity contribution in [3.8, 4) is 11.8 Å². The van der Waals surface area contributed by atoms with Gasteiger partial charge in [-0.15, -0.1) is 11.3 Å². The molecule has 3 nitrogen and oxygen atoms in total. The Balaban J connectivity index is 1.62. The van der Waals surface area contributed by atoms with Gasteiger partial charge in [-0.3, -0.25) is 0 Å². The van der Waals surface area contributed by atoms with Gasteiger partial charge in [-0.05, 0) is 51.2 Å². The fourth-order valence-electron chi connectivity index (χ4n) is 2.86. The molecule has 0 amide bonds. The first-order chi connectivity index (χ1) is 11.6. The third kappa shape index (κ3) is 7.36. The maximum Gasteiger partial charge on any atom is 0.0771 e. The van der Waals surface area contributed by atoms with E-state index in [4.69, 9.17) is 10.5 Å². The van der Waals surface area contributed by atoms with Crippen molar-refractivity contribution in [3.05, 3.63) is 21.9 Å². The molecule has 0 aliphatic heterocycles. The van der Waals surface area contributed by atoms with Gasteiger partial charge >= 0.3 is 0 Å². The summed E-state index contributed by atoms with van der Waals surface area (Å²) in [7, 11) is 0. The molecule has 1 saturated carbocycles. The Morgan fingerprint density at radius 1 is 1.33 bits per heavy atom. The Hall–Kier alpha value is -0.860. The molecule has 4 heteroatoms. The molecule has 1 atom stereocenters. The summed E-state index contributed by atoms with van der Waals surface area (Å²) in [6, 6.07) is 4.20. The van der Waals surface area contributed by atoms with Crippen LogP contribution >= 0.6 is 11.3 Å². The Bertz CT molecular complexity index is 535. The summed E-state index contributed by atoms with van der Waals surface area (Å²) in [5.41, 5.74) is 5.47. The van der Waals surface area contributed by atoms with E-state index in [-0.39, 0.29) is 6.61 Å². The lowest BCUT2D eigenvalue weighted by atomic mass is 9.98. The summed E-state index contributed by atoms with van der Waals surface area (Å²) in [4.78, 5) is 2.39. The van der Waals surface area contributed by atoms with E-state index in [0.717, 1.165) is 37.2 Å². The molecule has 1 aliphatic carbocycles. The smallest absolute Gasteiger partial charge is 0.0771 e. The Morgan fingerprint density at radius 3 is 2.88 bits per heavy atom. The first-order valence-corrected chi connectivity index (χ1v) is 10.00. The molecule has 134 valence electrons. The van der Waals surface area contributed by atoms with Crippen LogP contribution in [-0.4, -0.2) is 30.0 Å². The molecule has 24 heavy (non-hydrogen) atoms. The van der Waals surface area contributed by atoms with Gasteiger partial charge in [0.2, 0.25) is 0 Å². The number of rotatable bonds is 8. The molecule has 0 bridgehead atoms. The van der Waals surface area contributed by atoms with E-state index in [1.165, 1.54) is 37.0 Å². The van der Waals surface area contributed by atoms with E-state index in [1.807, 2.05) is 6.92 Å². The van der Waals surface area contributed by atoms with E-state index >= 15 is 0 Å². The van der Waals surface area contributed by atoms with Crippen molar-refractivity contribution in [2.45, 2.75) is 76.4 Å². The van der Waals surface area contributed by atoms with Crippen molar-refractivity contribution in [1.82, 2.24) is 0 Å². The summed E-state index contributed by atoms with van der Waals surface area (Å²) < 4.78 is 5.92. The molecule has 1 unspecified atom stereocenters. The number of aryl methyl sites for hydroxylation is 1. The summed E-state index contributed by atoms with van der Waals surface area (Å²) in [5.74, 6) is 6.50. The van der Waals surface area contributed by atoms with Crippen molar-refractivity contribution < 1.29 is 9.84 Å². The highest BCUT2D eigenvalue weighted by molar-refractivity contribution is 7.12. The second kappa shape index (κ2) is 10.2. The van der Waals surface area contributed by atoms with Crippen LogP contribution < -0.4 is 5.73 Å².